The van der Waals surface area contributed by atoms with E-state index in [0.717, 1.165) is 12.0 Å². The van der Waals surface area contributed by atoms with Gasteiger partial charge in [0.25, 0.3) is 5.91 Å². The SMILES string of the molecule is CCCN(CCO)C(=O)c1cc(OC)c(C)c(OC)c1. The van der Waals surface area contributed by atoms with Crippen molar-refractivity contribution in [3.05, 3.63) is 23.3 Å². The lowest BCUT2D eigenvalue weighted by Gasteiger charge is -2.22. The number of nitrogens with zero attached hydrogens (tertiary/aromatic N) is 1. The van der Waals surface area contributed by atoms with Gasteiger partial charge in [-0.05, 0) is 25.5 Å². The second-order valence-corrected chi connectivity index (χ2v) is 4.52. The number of carbonyl (C=O) groups is 1. The van der Waals surface area contributed by atoms with Gasteiger partial charge in [0.15, 0.2) is 0 Å². The number of hydrogen-bond acceptors (Lipinski definition) is 4. The zero-order chi connectivity index (χ0) is 15.1. The fourth-order valence-electron chi connectivity index (χ4n) is 2.10. The topological polar surface area (TPSA) is 59.0 Å². The summed E-state index contributed by atoms with van der Waals surface area (Å²) in [7, 11) is 3.13. The molecule has 0 saturated carbocycles. The Morgan fingerprint density at radius 3 is 2.15 bits per heavy atom. The van der Waals surface area contributed by atoms with Crippen molar-refractivity contribution in [3.63, 3.8) is 0 Å². The highest BCUT2D eigenvalue weighted by atomic mass is 16.5. The van der Waals surface area contributed by atoms with Crippen LogP contribution < -0.4 is 9.47 Å². The van der Waals surface area contributed by atoms with Crippen LogP contribution in [-0.2, 0) is 0 Å². The predicted molar refractivity (Wildman–Crippen MR) is 77.6 cm³/mol. The molecule has 112 valence electrons. The van der Waals surface area contributed by atoms with Crippen LogP contribution in [0.1, 0.15) is 29.3 Å². The highest BCUT2D eigenvalue weighted by molar-refractivity contribution is 5.95. The molecular formula is C15H23NO4. The number of rotatable bonds is 7. The van der Waals surface area contributed by atoms with E-state index in [9.17, 15) is 4.79 Å². The number of amides is 1. The van der Waals surface area contributed by atoms with Gasteiger partial charge in [0.05, 0.1) is 20.8 Å². The van der Waals surface area contributed by atoms with E-state index in [2.05, 4.69) is 0 Å². The molecule has 0 atom stereocenters. The van der Waals surface area contributed by atoms with Crippen molar-refractivity contribution < 1.29 is 19.4 Å². The second kappa shape index (κ2) is 7.75. The van der Waals surface area contributed by atoms with Crippen LogP contribution in [0.5, 0.6) is 11.5 Å². The highest BCUT2D eigenvalue weighted by Gasteiger charge is 2.18. The molecule has 1 aromatic carbocycles. The number of benzene rings is 1. The van der Waals surface area contributed by atoms with Gasteiger partial charge in [-0.1, -0.05) is 6.92 Å². The molecule has 0 aliphatic heterocycles. The van der Waals surface area contributed by atoms with Gasteiger partial charge in [0.2, 0.25) is 0 Å². The van der Waals surface area contributed by atoms with E-state index < -0.39 is 0 Å². The number of aliphatic hydroxyl groups is 1. The van der Waals surface area contributed by atoms with E-state index in [1.807, 2.05) is 13.8 Å². The molecular weight excluding hydrogens is 258 g/mol. The third kappa shape index (κ3) is 3.63. The zero-order valence-electron chi connectivity index (χ0n) is 12.6. The summed E-state index contributed by atoms with van der Waals surface area (Å²) in [4.78, 5) is 14.1. The first-order chi connectivity index (χ1) is 9.58. The van der Waals surface area contributed by atoms with Crippen LogP contribution in [0.2, 0.25) is 0 Å². The van der Waals surface area contributed by atoms with E-state index >= 15 is 0 Å². The van der Waals surface area contributed by atoms with Gasteiger partial charge in [0.1, 0.15) is 11.5 Å². The van der Waals surface area contributed by atoms with E-state index in [0.29, 0.717) is 30.2 Å². The molecule has 1 rings (SSSR count). The normalized spacial score (nSPS) is 10.2. The minimum absolute atomic E-state index is 0.0497. The molecule has 0 aliphatic rings. The number of methoxy groups -OCH3 is 2. The van der Waals surface area contributed by atoms with Gasteiger partial charge in [-0.25, -0.2) is 0 Å². The zero-order valence-corrected chi connectivity index (χ0v) is 12.6. The van der Waals surface area contributed by atoms with Crippen LogP contribution in [0.15, 0.2) is 12.1 Å². The Morgan fingerprint density at radius 2 is 1.75 bits per heavy atom. The number of ether oxygens (including phenoxy) is 2. The largest absolute Gasteiger partial charge is 0.496 e. The van der Waals surface area contributed by atoms with E-state index in [1.165, 1.54) is 0 Å². The standard InChI is InChI=1S/C15H23NO4/c1-5-6-16(7-8-17)15(18)12-9-13(19-3)11(2)14(10-12)20-4/h9-10,17H,5-8H2,1-4H3. The molecule has 1 N–H and O–H groups in total. The molecule has 0 radical (unpaired) electrons. The summed E-state index contributed by atoms with van der Waals surface area (Å²) in [6.45, 7) is 4.76. The van der Waals surface area contributed by atoms with Crippen molar-refractivity contribution in [3.8, 4) is 11.5 Å². The molecule has 0 aromatic heterocycles. The lowest BCUT2D eigenvalue weighted by molar-refractivity contribution is 0.0721. The number of aliphatic hydroxyl groups excluding tert-OH is 1. The van der Waals surface area contributed by atoms with Crippen molar-refractivity contribution >= 4 is 5.91 Å². The molecule has 1 amide bonds. The molecule has 0 aliphatic carbocycles. The maximum atomic E-state index is 12.5. The third-order valence-electron chi connectivity index (χ3n) is 3.15. The number of hydrogen-bond donors (Lipinski definition) is 1. The van der Waals surface area contributed by atoms with Crippen LogP contribution in [0.3, 0.4) is 0 Å². The maximum Gasteiger partial charge on any atom is 0.254 e. The predicted octanol–water partition coefficient (Wildman–Crippen LogP) is 1.86. The van der Waals surface area contributed by atoms with Gasteiger partial charge < -0.3 is 19.5 Å². The Balaban J connectivity index is 3.13. The molecule has 5 heteroatoms. The van der Waals surface area contributed by atoms with Crippen LogP contribution in [-0.4, -0.2) is 49.8 Å². The summed E-state index contributed by atoms with van der Waals surface area (Å²) in [5.74, 6) is 1.11. The summed E-state index contributed by atoms with van der Waals surface area (Å²) >= 11 is 0. The van der Waals surface area contributed by atoms with Gasteiger partial charge >= 0.3 is 0 Å². The molecule has 0 fully saturated rings. The Bertz CT molecular complexity index is 428. The van der Waals surface area contributed by atoms with Crippen molar-refractivity contribution in [1.82, 2.24) is 4.90 Å². The van der Waals surface area contributed by atoms with Crippen LogP contribution in [0.25, 0.3) is 0 Å². The lowest BCUT2D eigenvalue weighted by Crippen LogP contribution is -2.34. The summed E-state index contributed by atoms with van der Waals surface area (Å²) < 4.78 is 10.6. The van der Waals surface area contributed by atoms with Gasteiger partial charge in [-0.3, -0.25) is 4.79 Å². The molecule has 0 saturated heterocycles. The van der Waals surface area contributed by atoms with Crippen molar-refractivity contribution in [2.45, 2.75) is 20.3 Å². The summed E-state index contributed by atoms with van der Waals surface area (Å²) in [5, 5.41) is 9.06. The quantitative estimate of drug-likeness (QED) is 0.828. The van der Waals surface area contributed by atoms with Gasteiger partial charge in [-0.2, -0.15) is 0 Å². The maximum absolute atomic E-state index is 12.5. The van der Waals surface area contributed by atoms with Crippen molar-refractivity contribution in [2.75, 3.05) is 33.9 Å². The van der Waals surface area contributed by atoms with Gasteiger partial charge in [-0.15, -0.1) is 0 Å². The molecule has 5 nitrogen and oxygen atoms in total. The van der Waals surface area contributed by atoms with Gasteiger partial charge in [0, 0.05) is 24.2 Å². The second-order valence-electron chi connectivity index (χ2n) is 4.52. The van der Waals surface area contributed by atoms with Crippen LogP contribution in [0, 0.1) is 6.92 Å². The summed E-state index contributed by atoms with van der Waals surface area (Å²) in [6, 6.07) is 3.42. The number of carbonyl (C=O) groups excluding carboxylic acids is 1. The fourth-order valence-corrected chi connectivity index (χ4v) is 2.10. The first kappa shape index (κ1) is 16.3. The lowest BCUT2D eigenvalue weighted by atomic mass is 10.1. The monoisotopic (exact) mass is 281 g/mol. The van der Waals surface area contributed by atoms with Crippen LogP contribution in [0.4, 0.5) is 0 Å². The Kier molecular flexibility index (Phi) is 6.31. The minimum Gasteiger partial charge on any atom is -0.496 e. The van der Waals surface area contributed by atoms with Crippen molar-refractivity contribution in [2.24, 2.45) is 0 Å². The average molecular weight is 281 g/mol. The Hall–Kier alpha value is -1.75. The first-order valence-corrected chi connectivity index (χ1v) is 6.71. The summed E-state index contributed by atoms with van der Waals surface area (Å²) in [6.07, 6.45) is 0.839. The molecule has 0 unspecified atom stereocenters. The van der Waals surface area contributed by atoms with E-state index in [-0.39, 0.29) is 12.5 Å². The minimum atomic E-state index is -0.127. The molecule has 0 bridgehead atoms. The van der Waals surface area contributed by atoms with E-state index in [4.69, 9.17) is 14.6 Å². The molecule has 20 heavy (non-hydrogen) atoms. The third-order valence-corrected chi connectivity index (χ3v) is 3.15. The summed E-state index contributed by atoms with van der Waals surface area (Å²) in [5.41, 5.74) is 1.36. The van der Waals surface area contributed by atoms with Crippen LogP contribution >= 0.6 is 0 Å². The first-order valence-electron chi connectivity index (χ1n) is 6.71. The fraction of sp³-hybridized carbons (Fsp3) is 0.533. The van der Waals surface area contributed by atoms with Crippen molar-refractivity contribution in [1.29, 1.82) is 0 Å². The van der Waals surface area contributed by atoms with E-state index in [1.54, 1.807) is 31.3 Å². The average Bonchev–Trinajstić information content (AvgIpc) is 2.46. The molecule has 0 spiro atoms. The Labute approximate surface area is 120 Å². The molecule has 1 aromatic rings. The highest BCUT2D eigenvalue weighted by Crippen LogP contribution is 2.30. The molecule has 0 heterocycles. The Morgan fingerprint density at radius 1 is 1.20 bits per heavy atom. The smallest absolute Gasteiger partial charge is 0.254 e.